The highest BCUT2D eigenvalue weighted by Gasteiger charge is 2.40. The first-order valence-electron chi connectivity index (χ1n) is 6.36. The molecule has 1 saturated heterocycles. The van der Waals surface area contributed by atoms with E-state index in [0.29, 0.717) is 24.7 Å². The summed E-state index contributed by atoms with van der Waals surface area (Å²) in [5.74, 6) is 0.270. The van der Waals surface area contributed by atoms with Gasteiger partial charge in [-0.15, -0.1) is 0 Å². The van der Waals surface area contributed by atoms with Gasteiger partial charge in [-0.25, -0.2) is 8.42 Å². The summed E-state index contributed by atoms with van der Waals surface area (Å²) in [6.07, 6.45) is 0. The van der Waals surface area contributed by atoms with Gasteiger partial charge in [0.2, 0.25) is 10.0 Å². The van der Waals surface area contributed by atoms with Crippen LogP contribution in [-0.2, 0) is 10.0 Å². The summed E-state index contributed by atoms with van der Waals surface area (Å²) in [7, 11) is -2.18. The van der Waals surface area contributed by atoms with Crippen molar-refractivity contribution >= 4 is 21.6 Å². The highest BCUT2D eigenvalue weighted by molar-refractivity contribution is 7.89. The first kappa shape index (κ1) is 15.6. The van der Waals surface area contributed by atoms with Crippen molar-refractivity contribution in [1.82, 2.24) is 9.62 Å². The molecule has 1 fully saturated rings. The first-order valence-corrected chi connectivity index (χ1v) is 8.18. The van der Waals surface area contributed by atoms with Crippen molar-refractivity contribution in [3.05, 3.63) is 23.2 Å². The smallest absolute Gasteiger partial charge is 0.247 e. The average Bonchev–Trinajstić information content (AvgIpc) is 2.37. The third kappa shape index (κ3) is 2.79. The van der Waals surface area contributed by atoms with Gasteiger partial charge in [-0.2, -0.15) is 4.31 Å². The lowest BCUT2D eigenvalue weighted by Gasteiger charge is -2.41. The molecule has 112 valence electrons. The molecule has 7 heteroatoms. The Morgan fingerprint density at radius 1 is 1.40 bits per heavy atom. The van der Waals surface area contributed by atoms with Gasteiger partial charge >= 0.3 is 0 Å². The Bertz CT molecular complexity index is 602. The van der Waals surface area contributed by atoms with E-state index in [2.05, 4.69) is 5.32 Å². The number of nitrogens with zero attached hydrogens (tertiary/aromatic N) is 1. The molecule has 0 atom stereocenters. The topological polar surface area (TPSA) is 58.6 Å². The van der Waals surface area contributed by atoms with Crippen LogP contribution in [0.2, 0.25) is 5.02 Å². The van der Waals surface area contributed by atoms with Crippen LogP contribution in [0.15, 0.2) is 23.1 Å². The Morgan fingerprint density at radius 3 is 2.70 bits per heavy atom. The summed E-state index contributed by atoms with van der Waals surface area (Å²) in [6.45, 7) is 5.49. The fourth-order valence-corrected chi connectivity index (χ4v) is 4.47. The molecule has 0 radical (unpaired) electrons. The molecular formula is C13H19ClN2O3S. The Morgan fingerprint density at radius 2 is 2.10 bits per heavy atom. The largest absolute Gasteiger partial charge is 0.495 e. The first-order chi connectivity index (χ1) is 9.29. The predicted molar refractivity (Wildman–Crippen MR) is 78.8 cm³/mol. The average molecular weight is 319 g/mol. The number of hydrogen-bond acceptors (Lipinski definition) is 4. The number of halogens is 1. The van der Waals surface area contributed by atoms with Crippen LogP contribution in [0.1, 0.15) is 13.8 Å². The van der Waals surface area contributed by atoms with E-state index in [1.54, 1.807) is 6.07 Å². The van der Waals surface area contributed by atoms with Crippen LogP contribution in [0.25, 0.3) is 0 Å². The lowest BCUT2D eigenvalue weighted by atomic mass is 10.0. The molecule has 5 nitrogen and oxygen atoms in total. The fourth-order valence-electron chi connectivity index (χ4n) is 2.38. The SMILES string of the molecule is COc1cc(Cl)ccc1S(=O)(=O)N1CCNCC1(C)C. The van der Waals surface area contributed by atoms with Crippen LogP contribution in [-0.4, -0.2) is 45.0 Å². The number of methoxy groups -OCH3 is 1. The van der Waals surface area contributed by atoms with E-state index < -0.39 is 15.6 Å². The summed E-state index contributed by atoms with van der Waals surface area (Å²) in [5, 5.41) is 3.65. The van der Waals surface area contributed by atoms with Crippen LogP contribution in [0.3, 0.4) is 0 Å². The number of ether oxygens (including phenoxy) is 1. The second kappa shape index (κ2) is 5.52. The summed E-state index contributed by atoms with van der Waals surface area (Å²) < 4.78 is 32.4. The monoisotopic (exact) mass is 318 g/mol. The molecule has 0 saturated carbocycles. The number of hydrogen-bond donors (Lipinski definition) is 1. The number of benzene rings is 1. The maximum atomic E-state index is 12.9. The number of piperazine rings is 1. The maximum Gasteiger partial charge on any atom is 0.247 e. The minimum atomic E-state index is -3.62. The Hall–Kier alpha value is -0.820. The van der Waals surface area contributed by atoms with Gasteiger partial charge in [-0.3, -0.25) is 0 Å². The summed E-state index contributed by atoms with van der Waals surface area (Å²) in [6, 6.07) is 4.57. The van der Waals surface area contributed by atoms with Crippen LogP contribution in [0, 0.1) is 0 Å². The molecule has 0 aromatic heterocycles. The summed E-state index contributed by atoms with van der Waals surface area (Å²) >= 11 is 5.89. The molecule has 0 aliphatic carbocycles. The van der Waals surface area contributed by atoms with Crippen LogP contribution in [0.5, 0.6) is 5.75 Å². The third-order valence-electron chi connectivity index (χ3n) is 3.42. The van der Waals surface area contributed by atoms with Gasteiger partial charge in [0.05, 0.1) is 7.11 Å². The molecule has 0 amide bonds. The number of sulfonamides is 1. The summed E-state index contributed by atoms with van der Waals surface area (Å²) in [5.41, 5.74) is -0.484. The van der Waals surface area contributed by atoms with E-state index in [0.717, 1.165) is 0 Å². The molecule has 0 unspecified atom stereocenters. The van der Waals surface area contributed by atoms with Gasteiger partial charge in [0, 0.05) is 36.3 Å². The Labute approximate surface area is 124 Å². The van der Waals surface area contributed by atoms with Crippen molar-refractivity contribution in [3.63, 3.8) is 0 Å². The van der Waals surface area contributed by atoms with Crippen molar-refractivity contribution in [2.75, 3.05) is 26.7 Å². The molecule has 20 heavy (non-hydrogen) atoms. The third-order valence-corrected chi connectivity index (χ3v) is 5.80. The normalized spacial score (nSPS) is 19.8. The van der Waals surface area contributed by atoms with Crippen LogP contribution in [0.4, 0.5) is 0 Å². The van der Waals surface area contributed by atoms with E-state index in [4.69, 9.17) is 16.3 Å². The zero-order chi connectivity index (χ0) is 15.0. The predicted octanol–water partition coefficient (Wildman–Crippen LogP) is 1.72. The Kier molecular flexibility index (Phi) is 4.30. The van der Waals surface area contributed by atoms with Gasteiger partial charge in [-0.1, -0.05) is 11.6 Å². The minimum Gasteiger partial charge on any atom is -0.495 e. The van der Waals surface area contributed by atoms with Crippen molar-refractivity contribution in [3.8, 4) is 5.75 Å². The highest BCUT2D eigenvalue weighted by Crippen LogP contribution is 2.33. The van der Waals surface area contributed by atoms with Crippen molar-refractivity contribution in [2.45, 2.75) is 24.3 Å². The molecular weight excluding hydrogens is 300 g/mol. The van der Waals surface area contributed by atoms with E-state index in [1.165, 1.54) is 23.5 Å². The zero-order valence-corrected chi connectivity index (χ0v) is 13.4. The minimum absolute atomic E-state index is 0.152. The van der Waals surface area contributed by atoms with Gasteiger partial charge < -0.3 is 10.1 Å². The fraction of sp³-hybridized carbons (Fsp3) is 0.538. The molecule has 1 aliphatic rings. The molecule has 1 aliphatic heterocycles. The van der Waals surface area contributed by atoms with E-state index >= 15 is 0 Å². The maximum absolute atomic E-state index is 12.9. The quantitative estimate of drug-likeness (QED) is 0.922. The molecule has 0 spiro atoms. The standard InChI is InChI=1S/C13H19ClN2O3S/c1-13(2)9-15-6-7-16(13)20(17,18)12-5-4-10(14)8-11(12)19-3/h4-5,8,15H,6-7,9H2,1-3H3. The van der Waals surface area contributed by atoms with Gasteiger partial charge in [0.1, 0.15) is 10.6 Å². The lowest BCUT2D eigenvalue weighted by Crippen LogP contribution is -2.59. The van der Waals surface area contributed by atoms with Crippen molar-refractivity contribution in [2.24, 2.45) is 0 Å². The van der Waals surface area contributed by atoms with Gasteiger partial charge in [-0.05, 0) is 26.0 Å². The molecule has 1 heterocycles. The molecule has 2 rings (SSSR count). The zero-order valence-electron chi connectivity index (χ0n) is 11.8. The second-order valence-corrected chi connectivity index (χ2v) is 7.63. The molecule has 1 aromatic carbocycles. The second-order valence-electron chi connectivity index (χ2n) is 5.36. The number of nitrogens with one attached hydrogen (secondary N) is 1. The Balaban J connectivity index is 2.50. The molecule has 0 bridgehead atoms. The number of rotatable bonds is 3. The highest BCUT2D eigenvalue weighted by atomic mass is 35.5. The van der Waals surface area contributed by atoms with Crippen LogP contribution >= 0.6 is 11.6 Å². The van der Waals surface area contributed by atoms with Crippen molar-refractivity contribution < 1.29 is 13.2 Å². The van der Waals surface area contributed by atoms with E-state index in [9.17, 15) is 8.42 Å². The van der Waals surface area contributed by atoms with Crippen molar-refractivity contribution in [1.29, 1.82) is 0 Å². The van der Waals surface area contributed by atoms with E-state index in [-0.39, 0.29) is 10.6 Å². The van der Waals surface area contributed by atoms with Gasteiger partial charge in [0.25, 0.3) is 0 Å². The van der Waals surface area contributed by atoms with Gasteiger partial charge in [0.15, 0.2) is 0 Å². The lowest BCUT2D eigenvalue weighted by molar-refractivity contribution is 0.185. The molecule has 1 aromatic rings. The summed E-state index contributed by atoms with van der Waals surface area (Å²) in [4.78, 5) is 0.152. The van der Waals surface area contributed by atoms with E-state index in [1.807, 2.05) is 13.8 Å². The van der Waals surface area contributed by atoms with Crippen LogP contribution < -0.4 is 10.1 Å². The molecule has 1 N–H and O–H groups in total.